The molecule has 0 saturated carbocycles. The Morgan fingerprint density at radius 3 is 2.82 bits per heavy atom. The second-order valence-electron chi connectivity index (χ2n) is 4.20. The summed E-state index contributed by atoms with van der Waals surface area (Å²) in [4.78, 5) is 4.37. The molecule has 0 saturated heterocycles. The predicted octanol–water partition coefficient (Wildman–Crippen LogP) is 2.32. The Morgan fingerprint density at radius 1 is 1.35 bits per heavy atom. The fourth-order valence-corrected chi connectivity index (χ4v) is 1.64. The first-order valence-electron chi connectivity index (χ1n) is 5.85. The van der Waals surface area contributed by atoms with Crippen molar-refractivity contribution in [2.24, 2.45) is 5.73 Å². The van der Waals surface area contributed by atoms with Crippen molar-refractivity contribution in [2.75, 3.05) is 0 Å². The lowest BCUT2D eigenvalue weighted by molar-refractivity contribution is 0.419. The van der Waals surface area contributed by atoms with Crippen LogP contribution in [0.3, 0.4) is 0 Å². The zero-order valence-corrected chi connectivity index (χ0v) is 10.2. The van der Waals surface area contributed by atoms with E-state index >= 15 is 0 Å². The average Bonchev–Trinajstić information content (AvgIpc) is 2.78. The van der Waals surface area contributed by atoms with E-state index in [0.29, 0.717) is 18.1 Å². The van der Waals surface area contributed by atoms with E-state index in [1.165, 1.54) is 0 Å². The average molecular weight is 231 g/mol. The summed E-state index contributed by atoms with van der Waals surface area (Å²) in [5.41, 5.74) is 7.97. The Bertz CT molecular complexity index is 493. The number of nitrogens with zero attached hydrogens (tertiary/aromatic N) is 2. The molecule has 1 aromatic carbocycles. The highest BCUT2D eigenvalue weighted by Crippen LogP contribution is 2.21. The molecule has 0 aliphatic rings. The fourth-order valence-electron chi connectivity index (χ4n) is 1.64. The van der Waals surface area contributed by atoms with E-state index in [0.717, 1.165) is 17.5 Å². The molecule has 0 spiro atoms. The van der Waals surface area contributed by atoms with Crippen molar-refractivity contribution in [3.8, 4) is 11.5 Å². The fraction of sp³-hybridized carbons (Fsp3) is 0.385. The number of aryl methyl sites for hydroxylation is 1. The molecule has 0 fully saturated rings. The zero-order chi connectivity index (χ0) is 12.3. The lowest BCUT2D eigenvalue weighted by Crippen LogP contribution is -2.21. The van der Waals surface area contributed by atoms with Crippen LogP contribution in [0.1, 0.15) is 24.7 Å². The molecule has 4 nitrogen and oxygen atoms in total. The van der Waals surface area contributed by atoms with Gasteiger partial charge in [-0.05, 0) is 25.0 Å². The van der Waals surface area contributed by atoms with Gasteiger partial charge in [0.15, 0.2) is 5.82 Å². The van der Waals surface area contributed by atoms with Gasteiger partial charge >= 0.3 is 0 Å². The molecule has 2 N–H and O–H groups in total. The van der Waals surface area contributed by atoms with E-state index in [1.807, 2.05) is 38.1 Å². The van der Waals surface area contributed by atoms with Crippen LogP contribution in [0.5, 0.6) is 0 Å². The Labute approximate surface area is 101 Å². The van der Waals surface area contributed by atoms with Crippen molar-refractivity contribution in [1.82, 2.24) is 10.1 Å². The van der Waals surface area contributed by atoms with Gasteiger partial charge in [0, 0.05) is 18.0 Å². The van der Waals surface area contributed by atoms with Crippen molar-refractivity contribution >= 4 is 0 Å². The lowest BCUT2D eigenvalue weighted by Gasteiger charge is -2.02. The van der Waals surface area contributed by atoms with Gasteiger partial charge < -0.3 is 10.3 Å². The third-order valence-electron chi connectivity index (χ3n) is 2.81. The van der Waals surface area contributed by atoms with Crippen LogP contribution in [-0.2, 0) is 6.42 Å². The van der Waals surface area contributed by atoms with Crippen LogP contribution >= 0.6 is 0 Å². The second kappa shape index (κ2) is 5.10. The molecule has 2 aromatic rings. The molecule has 1 unspecified atom stereocenters. The SMILES string of the molecule is CCC(N)Cc1noc(-c2ccccc2C)n1. The quantitative estimate of drug-likeness (QED) is 0.877. The number of hydrogen-bond acceptors (Lipinski definition) is 4. The van der Waals surface area contributed by atoms with E-state index in [2.05, 4.69) is 10.1 Å². The minimum Gasteiger partial charge on any atom is -0.334 e. The highest BCUT2D eigenvalue weighted by atomic mass is 16.5. The van der Waals surface area contributed by atoms with Crippen molar-refractivity contribution in [3.05, 3.63) is 35.7 Å². The lowest BCUT2D eigenvalue weighted by atomic mass is 10.1. The Hall–Kier alpha value is -1.68. The van der Waals surface area contributed by atoms with Crippen molar-refractivity contribution < 1.29 is 4.52 Å². The molecule has 2 rings (SSSR count). The highest BCUT2D eigenvalue weighted by Gasteiger charge is 2.12. The van der Waals surface area contributed by atoms with Gasteiger partial charge in [-0.1, -0.05) is 30.3 Å². The first-order valence-corrected chi connectivity index (χ1v) is 5.85. The third-order valence-corrected chi connectivity index (χ3v) is 2.81. The molecule has 17 heavy (non-hydrogen) atoms. The van der Waals surface area contributed by atoms with Crippen LogP contribution in [-0.4, -0.2) is 16.2 Å². The molecule has 0 aliphatic heterocycles. The summed E-state index contributed by atoms with van der Waals surface area (Å²) in [5, 5.41) is 3.96. The van der Waals surface area contributed by atoms with Crippen LogP contribution < -0.4 is 5.73 Å². The molecule has 0 amide bonds. The van der Waals surface area contributed by atoms with Gasteiger partial charge in [-0.2, -0.15) is 4.98 Å². The summed E-state index contributed by atoms with van der Waals surface area (Å²) < 4.78 is 5.26. The summed E-state index contributed by atoms with van der Waals surface area (Å²) in [6, 6.07) is 8.05. The van der Waals surface area contributed by atoms with Crippen LogP contribution in [0.2, 0.25) is 0 Å². The van der Waals surface area contributed by atoms with Gasteiger partial charge in [-0.25, -0.2) is 0 Å². The molecule has 4 heteroatoms. The second-order valence-corrected chi connectivity index (χ2v) is 4.20. The molecule has 1 aromatic heterocycles. The summed E-state index contributed by atoms with van der Waals surface area (Å²) in [7, 11) is 0. The summed E-state index contributed by atoms with van der Waals surface area (Å²) in [6.45, 7) is 4.07. The first kappa shape index (κ1) is 11.8. The van der Waals surface area contributed by atoms with Crippen molar-refractivity contribution in [2.45, 2.75) is 32.7 Å². The summed E-state index contributed by atoms with van der Waals surface area (Å²) in [6.07, 6.45) is 1.57. The molecule has 0 bridgehead atoms. The maximum Gasteiger partial charge on any atom is 0.258 e. The summed E-state index contributed by atoms with van der Waals surface area (Å²) in [5.74, 6) is 1.25. The molecule has 1 atom stereocenters. The van der Waals surface area contributed by atoms with Crippen LogP contribution in [0, 0.1) is 6.92 Å². The van der Waals surface area contributed by atoms with E-state index in [1.54, 1.807) is 0 Å². The monoisotopic (exact) mass is 231 g/mol. The highest BCUT2D eigenvalue weighted by molar-refractivity contribution is 5.57. The minimum absolute atomic E-state index is 0.0947. The van der Waals surface area contributed by atoms with Crippen LogP contribution in [0.4, 0.5) is 0 Å². The molecular weight excluding hydrogens is 214 g/mol. The number of benzene rings is 1. The van der Waals surface area contributed by atoms with E-state index in [-0.39, 0.29) is 6.04 Å². The van der Waals surface area contributed by atoms with E-state index < -0.39 is 0 Å². The first-order chi connectivity index (χ1) is 8.20. The van der Waals surface area contributed by atoms with Gasteiger partial charge in [-0.15, -0.1) is 0 Å². The Balaban J connectivity index is 2.21. The Morgan fingerprint density at radius 2 is 2.12 bits per heavy atom. The smallest absolute Gasteiger partial charge is 0.258 e. The van der Waals surface area contributed by atoms with Gasteiger partial charge in [0.05, 0.1) is 0 Å². The molecule has 0 radical (unpaired) electrons. The maximum absolute atomic E-state index is 5.86. The number of nitrogens with two attached hydrogens (primary N) is 1. The number of aromatic nitrogens is 2. The molecule has 1 heterocycles. The molecular formula is C13H17N3O. The van der Waals surface area contributed by atoms with Gasteiger partial charge in [0.25, 0.3) is 5.89 Å². The topological polar surface area (TPSA) is 64.9 Å². The van der Waals surface area contributed by atoms with Crippen molar-refractivity contribution in [1.29, 1.82) is 0 Å². The molecule has 90 valence electrons. The standard InChI is InChI=1S/C13H17N3O/c1-3-10(14)8-12-15-13(17-16-12)11-7-5-4-6-9(11)2/h4-7,10H,3,8,14H2,1-2H3. The third kappa shape index (κ3) is 2.71. The predicted molar refractivity (Wildman–Crippen MR) is 66.4 cm³/mol. The van der Waals surface area contributed by atoms with Crippen molar-refractivity contribution in [3.63, 3.8) is 0 Å². The van der Waals surface area contributed by atoms with Gasteiger partial charge in [0.2, 0.25) is 0 Å². The minimum atomic E-state index is 0.0947. The van der Waals surface area contributed by atoms with E-state index in [9.17, 15) is 0 Å². The number of rotatable bonds is 4. The number of hydrogen-bond donors (Lipinski definition) is 1. The Kier molecular flexibility index (Phi) is 3.54. The van der Waals surface area contributed by atoms with Gasteiger partial charge in [-0.3, -0.25) is 0 Å². The normalized spacial score (nSPS) is 12.6. The van der Waals surface area contributed by atoms with Gasteiger partial charge in [0.1, 0.15) is 0 Å². The molecule has 0 aliphatic carbocycles. The van der Waals surface area contributed by atoms with E-state index in [4.69, 9.17) is 10.3 Å². The summed E-state index contributed by atoms with van der Waals surface area (Å²) >= 11 is 0. The zero-order valence-electron chi connectivity index (χ0n) is 10.2. The van der Waals surface area contributed by atoms with Crippen LogP contribution in [0.25, 0.3) is 11.5 Å². The van der Waals surface area contributed by atoms with Crippen LogP contribution in [0.15, 0.2) is 28.8 Å². The largest absolute Gasteiger partial charge is 0.334 e. The maximum atomic E-state index is 5.86.